The summed E-state index contributed by atoms with van der Waals surface area (Å²) in [6, 6.07) is -0.750. The molecule has 8 nitrogen and oxygen atoms in total. The van der Waals surface area contributed by atoms with Crippen molar-refractivity contribution >= 4 is 13.7 Å². The van der Waals surface area contributed by atoms with E-state index in [1.165, 1.54) is 128 Å². The number of hydrogen-bond donors (Lipinski definition) is 3. The van der Waals surface area contributed by atoms with Gasteiger partial charge < -0.3 is 19.8 Å². The number of carbonyl (C=O) groups is 1. The Kier molecular flexibility index (Phi) is 29.3. The van der Waals surface area contributed by atoms with Gasteiger partial charge in [0.05, 0.1) is 39.9 Å². The number of aliphatic hydroxyl groups excluding tert-OH is 1. The van der Waals surface area contributed by atoms with Crippen LogP contribution >= 0.6 is 7.82 Å². The quantitative estimate of drug-likeness (QED) is 0.0360. The van der Waals surface area contributed by atoms with E-state index in [4.69, 9.17) is 9.05 Å². The average Bonchev–Trinajstić information content (AvgIpc) is 2.98. The number of rotatable bonds is 34. The van der Waals surface area contributed by atoms with Gasteiger partial charge in [0.2, 0.25) is 5.91 Å². The van der Waals surface area contributed by atoms with Crippen LogP contribution in [0.25, 0.3) is 0 Å². The number of phosphoric acid groups is 1. The summed E-state index contributed by atoms with van der Waals surface area (Å²) in [5.74, 6) is -0.231. The Morgan fingerprint density at radius 3 is 1.40 bits per heavy atom. The molecule has 0 fully saturated rings. The molecule has 0 spiro atoms. The van der Waals surface area contributed by atoms with Gasteiger partial charge in [-0.25, -0.2) is 4.57 Å². The van der Waals surface area contributed by atoms with Gasteiger partial charge in [0.1, 0.15) is 13.2 Å². The van der Waals surface area contributed by atoms with Gasteiger partial charge in [-0.15, -0.1) is 0 Å². The summed E-state index contributed by atoms with van der Waals surface area (Å²) >= 11 is 0. The van der Waals surface area contributed by atoms with Crippen molar-refractivity contribution in [3.8, 4) is 0 Å². The van der Waals surface area contributed by atoms with E-state index in [9.17, 15) is 19.4 Å². The second-order valence-electron chi connectivity index (χ2n) is 14.3. The molecule has 0 radical (unpaired) electrons. The van der Waals surface area contributed by atoms with E-state index < -0.39 is 20.0 Å². The molecule has 3 N–H and O–H groups in total. The number of unbranched alkanes of at least 4 members (excludes halogenated alkanes) is 22. The van der Waals surface area contributed by atoms with Gasteiger partial charge in [-0.2, -0.15) is 0 Å². The third-order valence-corrected chi connectivity index (χ3v) is 9.65. The zero-order valence-electron chi connectivity index (χ0n) is 30.4. The fourth-order valence-electron chi connectivity index (χ4n) is 5.54. The van der Waals surface area contributed by atoms with Crippen LogP contribution in [0.5, 0.6) is 0 Å². The smallest absolute Gasteiger partial charge is 0.391 e. The Balaban J connectivity index is 3.76. The monoisotopic (exact) mass is 664 g/mol. The van der Waals surface area contributed by atoms with Crippen molar-refractivity contribution in [2.24, 2.45) is 0 Å². The minimum Gasteiger partial charge on any atom is -0.391 e. The Morgan fingerprint density at radius 2 is 1.04 bits per heavy atom. The zero-order chi connectivity index (χ0) is 33.7. The van der Waals surface area contributed by atoms with E-state index in [0.717, 1.165) is 19.3 Å². The van der Waals surface area contributed by atoms with Crippen LogP contribution in [0.4, 0.5) is 0 Å². The Morgan fingerprint density at radius 1 is 0.667 bits per heavy atom. The van der Waals surface area contributed by atoms with Crippen LogP contribution in [-0.2, 0) is 18.4 Å². The third kappa shape index (κ3) is 31.8. The highest BCUT2D eigenvalue weighted by molar-refractivity contribution is 7.47. The van der Waals surface area contributed by atoms with Crippen LogP contribution in [0.3, 0.4) is 0 Å². The number of hydrogen-bond acceptors (Lipinski definition) is 5. The first-order chi connectivity index (χ1) is 21.5. The van der Waals surface area contributed by atoms with E-state index in [-0.39, 0.29) is 25.5 Å². The second kappa shape index (κ2) is 29.6. The van der Waals surface area contributed by atoms with E-state index in [0.29, 0.717) is 17.4 Å². The van der Waals surface area contributed by atoms with E-state index in [1.807, 2.05) is 21.1 Å². The zero-order valence-corrected chi connectivity index (χ0v) is 31.3. The van der Waals surface area contributed by atoms with Gasteiger partial charge in [0.25, 0.3) is 0 Å². The molecule has 0 saturated heterocycles. The molecule has 0 aliphatic rings. The molecular weight excluding hydrogens is 587 g/mol. The molecule has 45 heavy (non-hydrogen) atoms. The molecule has 0 aromatic rings. The van der Waals surface area contributed by atoms with Gasteiger partial charge in [-0.05, 0) is 6.42 Å². The van der Waals surface area contributed by atoms with Gasteiger partial charge in [-0.1, -0.05) is 162 Å². The van der Waals surface area contributed by atoms with Gasteiger partial charge in [-0.3, -0.25) is 13.8 Å². The highest BCUT2D eigenvalue weighted by Gasteiger charge is 2.28. The van der Waals surface area contributed by atoms with Gasteiger partial charge in [0.15, 0.2) is 0 Å². The maximum absolute atomic E-state index is 12.3. The molecule has 270 valence electrons. The average molecular weight is 664 g/mol. The lowest BCUT2D eigenvalue weighted by Crippen LogP contribution is -2.46. The topological polar surface area (TPSA) is 105 Å². The number of nitrogens with one attached hydrogen (secondary N) is 1. The predicted octanol–water partition coefficient (Wildman–Crippen LogP) is 9.46. The maximum atomic E-state index is 12.3. The number of likely N-dealkylation sites (N-methyl/N-ethyl adjacent to an activating group) is 1. The molecule has 0 heterocycles. The highest BCUT2D eigenvalue weighted by Crippen LogP contribution is 2.43. The van der Waals surface area contributed by atoms with Crippen molar-refractivity contribution in [3.63, 3.8) is 0 Å². The van der Waals surface area contributed by atoms with Crippen LogP contribution < -0.4 is 5.32 Å². The van der Waals surface area contributed by atoms with Crippen LogP contribution in [-0.4, -0.2) is 73.4 Å². The molecule has 0 aromatic heterocycles. The molecule has 0 aromatic carbocycles. The first kappa shape index (κ1) is 44.5. The third-order valence-electron chi connectivity index (χ3n) is 8.67. The molecule has 0 rings (SSSR count). The Bertz CT molecular complexity index is 718. The van der Waals surface area contributed by atoms with Crippen molar-refractivity contribution < 1.29 is 32.9 Å². The fourth-order valence-corrected chi connectivity index (χ4v) is 6.28. The van der Waals surface area contributed by atoms with Crippen molar-refractivity contribution in [1.29, 1.82) is 0 Å². The molecule has 0 aliphatic carbocycles. The second-order valence-corrected chi connectivity index (χ2v) is 15.7. The minimum atomic E-state index is -4.27. The van der Waals surface area contributed by atoms with Crippen LogP contribution in [0.2, 0.25) is 0 Å². The van der Waals surface area contributed by atoms with Crippen molar-refractivity contribution in [2.75, 3.05) is 40.9 Å². The summed E-state index contributed by atoms with van der Waals surface area (Å²) in [7, 11) is 1.61. The summed E-state index contributed by atoms with van der Waals surface area (Å²) in [6.07, 6.45) is 30.7. The SMILES string of the molecule is CCCCCCCCCCCCCCCCCCCCCCCCCC(O)C(COP(=O)(O)OCC[N+](C)(C)C)NC(=O)CC. The Labute approximate surface area is 279 Å². The van der Waals surface area contributed by atoms with Crippen molar-refractivity contribution in [3.05, 3.63) is 0 Å². The number of quaternary nitrogens is 1. The highest BCUT2D eigenvalue weighted by atomic mass is 31.2. The summed E-state index contributed by atoms with van der Waals surface area (Å²) in [6.45, 7) is 4.36. The summed E-state index contributed by atoms with van der Waals surface area (Å²) in [4.78, 5) is 22.0. The van der Waals surface area contributed by atoms with Gasteiger partial charge >= 0.3 is 7.82 Å². The van der Waals surface area contributed by atoms with E-state index >= 15 is 0 Å². The number of nitrogens with zero attached hydrogens (tertiary/aromatic N) is 1. The number of aliphatic hydroxyl groups is 1. The summed E-state index contributed by atoms with van der Waals surface area (Å²) < 4.78 is 23.0. The van der Waals surface area contributed by atoms with E-state index in [2.05, 4.69) is 12.2 Å². The lowest BCUT2D eigenvalue weighted by atomic mass is 10.0. The lowest BCUT2D eigenvalue weighted by Gasteiger charge is -2.26. The normalized spacial score (nSPS) is 14.7. The summed E-state index contributed by atoms with van der Waals surface area (Å²) in [5, 5.41) is 13.4. The molecule has 1 amide bonds. The van der Waals surface area contributed by atoms with Crippen LogP contribution in [0, 0.1) is 0 Å². The first-order valence-electron chi connectivity index (χ1n) is 18.9. The fraction of sp³-hybridized carbons (Fsp3) is 0.972. The maximum Gasteiger partial charge on any atom is 0.472 e. The van der Waals surface area contributed by atoms with Crippen molar-refractivity contribution in [2.45, 2.75) is 187 Å². The molecule has 3 unspecified atom stereocenters. The van der Waals surface area contributed by atoms with Crippen LogP contribution in [0.1, 0.15) is 174 Å². The number of carbonyl (C=O) groups excluding carboxylic acids is 1. The minimum absolute atomic E-state index is 0.0747. The predicted molar refractivity (Wildman–Crippen MR) is 189 cm³/mol. The largest absolute Gasteiger partial charge is 0.472 e. The standard InChI is InChI=1S/C36H75N2O6P/c1-6-8-9-10-11-12-13-14-15-16-17-18-19-20-21-22-23-24-25-26-27-28-29-30-35(39)34(37-36(40)7-2)33-44-45(41,42)43-32-31-38(3,4)5/h34-35,39H,6-33H2,1-5H3,(H-,37,40,41,42)/p+1. The molecular formula is C36H76N2O6P+. The number of phosphoric ester groups is 1. The van der Waals surface area contributed by atoms with Crippen LogP contribution in [0.15, 0.2) is 0 Å². The van der Waals surface area contributed by atoms with E-state index in [1.54, 1.807) is 6.92 Å². The lowest BCUT2D eigenvalue weighted by molar-refractivity contribution is -0.870. The van der Waals surface area contributed by atoms with Crippen molar-refractivity contribution in [1.82, 2.24) is 5.32 Å². The Hall–Kier alpha value is -0.500. The molecule has 9 heteroatoms. The molecule has 3 atom stereocenters. The first-order valence-corrected chi connectivity index (χ1v) is 20.4. The number of amides is 1. The molecule has 0 bridgehead atoms. The summed E-state index contributed by atoms with van der Waals surface area (Å²) in [5.41, 5.74) is 0. The molecule has 0 saturated carbocycles. The van der Waals surface area contributed by atoms with Gasteiger partial charge in [0, 0.05) is 6.42 Å². The molecule has 0 aliphatic heterocycles.